The van der Waals surface area contributed by atoms with Crippen molar-refractivity contribution in [2.45, 2.75) is 26.8 Å². The van der Waals surface area contributed by atoms with Gasteiger partial charge in [0.1, 0.15) is 0 Å². The monoisotopic (exact) mass is 313 g/mol. The number of benzene rings is 1. The predicted octanol–water partition coefficient (Wildman–Crippen LogP) is 2.61. The fourth-order valence-corrected chi connectivity index (χ4v) is 2.18. The van der Waals surface area contributed by atoms with Crippen LogP contribution in [0.3, 0.4) is 0 Å². The van der Waals surface area contributed by atoms with E-state index in [0.717, 1.165) is 13.1 Å². The first-order valence-corrected chi connectivity index (χ1v) is 7.55. The summed E-state index contributed by atoms with van der Waals surface area (Å²) in [5, 5.41) is 3.38. The van der Waals surface area contributed by atoms with E-state index in [0.29, 0.717) is 29.6 Å². The predicted molar refractivity (Wildman–Crippen MR) is 87.7 cm³/mol. The number of carbonyl (C=O) groups excluding carboxylic acids is 1. The van der Waals surface area contributed by atoms with Crippen molar-refractivity contribution in [2.75, 3.05) is 37.4 Å². The van der Waals surface area contributed by atoms with Crippen molar-refractivity contribution in [1.82, 2.24) is 4.90 Å². The number of halogens is 1. The smallest absolute Gasteiger partial charge is 0.241 e. The minimum absolute atomic E-state index is 0.0950. The highest BCUT2D eigenvalue weighted by atomic mass is 35.5. The molecule has 118 valence electrons. The zero-order chi connectivity index (χ0) is 15.8. The first-order chi connectivity index (χ1) is 9.99. The Kier molecular flexibility index (Phi) is 7.50. The summed E-state index contributed by atoms with van der Waals surface area (Å²) in [6.45, 7) is 8.64. The van der Waals surface area contributed by atoms with E-state index in [2.05, 4.69) is 10.2 Å². The zero-order valence-corrected chi connectivity index (χ0v) is 13.6. The van der Waals surface area contributed by atoms with Crippen LogP contribution in [0.15, 0.2) is 18.2 Å². The second kappa shape index (κ2) is 8.87. The summed E-state index contributed by atoms with van der Waals surface area (Å²) in [5.74, 6) is -0.0950. The van der Waals surface area contributed by atoms with Gasteiger partial charge in [0.15, 0.2) is 0 Å². The lowest BCUT2D eigenvalue weighted by Crippen LogP contribution is -2.43. The zero-order valence-electron chi connectivity index (χ0n) is 12.9. The Balaban J connectivity index is 2.63. The number of nitrogens with zero attached hydrogens (tertiary/aromatic N) is 1. The fourth-order valence-electron chi connectivity index (χ4n) is 2.00. The molecule has 0 aromatic heterocycles. The van der Waals surface area contributed by atoms with Crippen LogP contribution in [0.2, 0.25) is 5.02 Å². The molecular weight excluding hydrogens is 290 g/mol. The Hall–Kier alpha value is -1.30. The molecule has 0 heterocycles. The largest absolute Gasteiger partial charge is 0.397 e. The molecule has 1 aromatic carbocycles. The van der Waals surface area contributed by atoms with Gasteiger partial charge in [-0.1, -0.05) is 18.5 Å². The number of amides is 1. The highest BCUT2D eigenvalue weighted by Gasteiger charge is 2.20. The van der Waals surface area contributed by atoms with E-state index >= 15 is 0 Å². The summed E-state index contributed by atoms with van der Waals surface area (Å²) in [7, 11) is 0. The molecule has 21 heavy (non-hydrogen) atoms. The first-order valence-electron chi connectivity index (χ1n) is 7.17. The number of nitrogens with one attached hydrogen (secondary N) is 1. The SMILES string of the molecule is CCOCCN(CC)C(C)C(=O)Nc1ccc(Cl)cc1N. The lowest BCUT2D eigenvalue weighted by atomic mass is 10.2. The number of nitrogen functional groups attached to an aromatic ring is 1. The lowest BCUT2D eigenvalue weighted by Gasteiger charge is -2.26. The Morgan fingerprint density at radius 2 is 2.19 bits per heavy atom. The van der Waals surface area contributed by atoms with Gasteiger partial charge in [0, 0.05) is 18.2 Å². The molecule has 0 aliphatic rings. The summed E-state index contributed by atoms with van der Waals surface area (Å²) in [5.41, 5.74) is 6.88. The molecule has 1 amide bonds. The molecule has 0 fully saturated rings. The molecule has 1 rings (SSSR count). The van der Waals surface area contributed by atoms with Crippen molar-refractivity contribution in [3.8, 4) is 0 Å². The van der Waals surface area contributed by atoms with Crippen molar-refractivity contribution >= 4 is 28.9 Å². The van der Waals surface area contributed by atoms with Crippen LogP contribution in [0.1, 0.15) is 20.8 Å². The van der Waals surface area contributed by atoms with Crippen LogP contribution in [-0.4, -0.2) is 43.2 Å². The van der Waals surface area contributed by atoms with E-state index in [9.17, 15) is 4.79 Å². The summed E-state index contributed by atoms with van der Waals surface area (Å²) in [4.78, 5) is 14.4. The van der Waals surface area contributed by atoms with Crippen LogP contribution in [0.4, 0.5) is 11.4 Å². The molecular formula is C15H24ClN3O2. The number of likely N-dealkylation sites (N-methyl/N-ethyl adjacent to an activating group) is 1. The van der Waals surface area contributed by atoms with Crippen molar-refractivity contribution in [3.63, 3.8) is 0 Å². The quantitative estimate of drug-likeness (QED) is 0.572. The van der Waals surface area contributed by atoms with Crippen LogP contribution in [0.5, 0.6) is 0 Å². The third-order valence-electron chi connectivity index (χ3n) is 3.33. The highest BCUT2D eigenvalue weighted by molar-refractivity contribution is 6.31. The van der Waals surface area contributed by atoms with Crippen LogP contribution < -0.4 is 11.1 Å². The van der Waals surface area contributed by atoms with Gasteiger partial charge in [-0.2, -0.15) is 0 Å². The van der Waals surface area contributed by atoms with Crippen molar-refractivity contribution in [2.24, 2.45) is 0 Å². The van der Waals surface area contributed by atoms with Crippen LogP contribution in [0.25, 0.3) is 0 Å². The van der Waals surface area contributed by atoms with E-state index in [4.69, 9.17) is 22.1 Å². The summed E-state index contributed by atoms with van der Waals surface area (Å²) in [6, 6.07) is 4.77. The number of ether oxygens (including phenoxy) is 1. The second-order valence-electron chi connectivity index (χ2n) is 4.72. The van der Waals surface area contributed by atoms with Gasteiger partial charge in [-0.3, -0.25) is 9.69 Å². The summed E-state index contributed by atoms with van der Waals surface area (Å²) in [6.07, 6.45) is 0. The van der Waals surface area contributed by atoms with Gasteiger partial charge >= 0.3 is 0 Å². The molecule has 0 bridgehead atoms. The van der Waals surface area contributed by atoms with Gasteiger partial charge in [0.2, 0.25) is 5.91 Å². The van der Waals surface area contributed by atoms with E-state index in [1.54, 1.807) is 18.2 Å². The Morgan fingerprint density at radius 3 is 2.76 bits per heavy atom. The number of hydrogen-bond acceptors (Lipinski definition) is 4. The fraction of sp³-hybridized carbons (Fsp3) is 0.533. The molecule has 1 unspecified atom stereocenters. The van der Waals surface area contributed by atoms with Gasteiger partial charge < -0.3 is 15.8 Å². The normalized spacial score (nSPS) is 12.4. The summed E-state index contributed by atoms with van der Waals surface area (Å²) < 4.78 is 5.34. The standard InChI is InChI=1S/C15H24ClN3O2/c1-4-19(8-9-21-5-2)11(3)15(20)18-14-7-6-12(16)10-13(14)17/h6-7,10-11H,4-5,8-9,17H2,1-3H3,(H,18,20). The molecule has 0 saturated heterocycles. The highest BCUT2D eigenvalue weighted by Crippen LogP contribution is 2.23. The van der Waals surface area contributed by atoms with Crippen LogP contribution in [-0.2, 0) is 9.53 Å². The van der Waals surface area contributed by atoms with Gasteiger partial charge in [-0.05, 0) is 38.6 Å². The second-order valence-corrected chi connectivity index (χ2v) is 5.16. The third kappa shape index (κ3) is 5.53. The Morgan fingerprint density at radius 1 is 1.48 bits per heavy atom. The number of carbonyl (C=O) groups is 1. The molecule has 3 N–H and O–H groups in total. The molecule has 0 saturated carbocycles. The molecule has 5 nitrogen and oxygen atoms in total. The average Bonchev–Trinajstić information content (AvgIpc) is 2.46. The number of anilines is 2. The van der Waals surface area contributed by atoms with E-state index in [1.165, 1.54) is 0 Å². The Bertz CT molecular complexity index is 468. The molecule has 0 radical (unpaired) electrons. The summed E-state index contributed by atoms with van der Waals surface area (Å²) >= 11 is 5.85. The van der Waals surface area contributed by atoms with Gasteiger partial charge in [-0.25, -0.2) is 0 Å². The maximum atomic E-state index is 12.3. The number of hydrogen-bond donors (Lipinski definition) is 2. The minimum atomic E-state index is -0.259. The molecule has 1 aromatic rings. The average molecular weight is 314 g/mol. The van der Waals surface area contributed by atoms with Gasteiger partial charge in [0.05, 0.1) is 24.0 Å². The molecule has 1 atom stereocenters. The minimum Gasteiger partial charge on any atom is -0.397 e. The van der Waals surface area contributed by atoms with Crippen LogP contribution >= 0.6 is 11.6 Å². The maximum absolute atomic E-state index is 12.3. The number of nitrogens with two attached hydrogens (primary N) is 1. The third-order valence-corrected chi connectivity index (χ3v) is 3.57. The Labute approximate surface area is 131 Å². The number of rotatable bonds is 8. The van der Waals surface area contributed by atoms with Crippen molar-refractivity contribution in [1.29, 1.82) is 0 Å². The van der Waals surface area contributed by atoms with Gasteiger partial charge in [-0.15, -0.1) is 0 Å². The molecule has 0 aliphatic heterocycles. The van der Waals surface area contributed by atoms with Crippen molar-refractivity contribution < 1.29 is 9.53 Å². The molecule has 0 spiro atoms. The van der Waals surface area contributed by atoms with Crippen molar-refractivity contribution in [3.05, 3.63) is 23.2 Å². The lowest BCUT2D eigenvalue weighted by molar-refractivity contribution is -0.120. The van der Waals surface area contributed by atoms with E-state index in [-0.39, 0.29) is 11.9 Å². The molecule has 6 heteroatoms. The van der Waals surface area contributed by atoms with Crippen LogP contribution in [0, 0.1) is 0 Å². The van der Waals surface area contributed by atoms with Gasteiger partial charge in [0.25, 0.3) is 0 Å². The van der Waals surface area contributed by atoms with E-state index in [1.807, 2.05) is 20.8 Å². The van der Waals surface area contributed by atoms with E-state index < -0.39 is 0 Å². The topological polar surface area (TPSA) is 67.6 Å². The molecule has 0 aliphatic carbocycles. The maximum Gasteiger partial charge on any atom is 0.241 e. The first kappa shape index (κ1) is 17.8.